The molecule has 0 bridgehead atoms. The van der Waals surface area contributed by atoms with Crippen molar-refractivity contribution in [2.24, 2.45) is 0 Å². The van der Waals surface area contributed by atoms with Crippen LogP contribution in [0.5, 0.6) is 5.75 Å². The van der Waals surface area contributed by atoms with Crippen LogP contribution in [0.2, 0.25) is 0 Å². The van der Waals surface area contributed by atoms with Crippen LogP contribution in [0.25, 0.3) is 11.1 Å². The van der Waals surface area contributed by atoms with Gasteiger partial charge in [0, 0.05) is 11.1 Å². The van der Waals surface area contributed by atoms with Gasteiger partial charge in [0.2, 0.25) is 0 Å². The summed E-state index contributed by atoms with van der Waals surface area (Å²) in [6, 6.07) is 14.8. The van der Waals surface area contributed by atoms with Crippen LogP contribution in [0.15, 0.2) is 153 Å². The number of ether oxygens (including phenoxy) is 1. The second-order valence-corrected chi connectivity index (χ2v) is 9.24. The number of rotatable bonds is 8. The van der Waals surface area contributed by atoms with E-state index in [4.69, 9.17) is 4.74 Å². The summed E-state index contributed by atoms with van der Waals surface area (Å²) in [4.78, 5) is 0. The fourth-order valence-electron chi connectivity index (χ4n) is 5.37. The van der Waals surface area contributed by atoms with E-state index in [0.29, 0.717) is 0 Å². The minimum absolute atomic E-state index is 0.641. The smallest absolute Gasteiger partial charge is 0.131 e. The van der Waals surface area contributed by atoms with Crippen molar-refractivity contribution in [3.05, 3.63) is 175 Å². The molecule has 1 nitrogen and oxygen atoms in total. The summed E-state index contributed by atoms with van der Waals surface area (Å²) >= 11 is 0. The first-order valence-electron chi connectivity index (χ1n) is 12.5. The average molecular weight is 483 g/mol. The van der Waals surface area contributed by atoms with Gasteiger partial charge in [-0.2, -0.15) is 0 Å². The second kappa shape index (κ2) is 10.3. The highest BCUT2D eigenvalue weighted by atomic mass is 16.5. The zero-order valence-corrected chi connectivity index (χ0v) is 21.9. The summed E-state index contributed by atoms with van der Waals surface area (Å²) in [6.45, 7) is 29.1. The number of para-hydroxylation sites is 1. The topological polar surface area (TPSA) is 9.23 Å². The molecule has 184 valence electrons. The van der Waals surface area contributed by atoms with E-state index in [-0.39, 0.29) is 0 Å². The van der Waals surface area contributed by atoms with Gasteiger partial charge in [0.25, 0.3) is 0 Å². The van der Waals surface area contributed by atoms with Crippen molar-refractivity contribution in [3.63, 3.8) is 0 Å². The molecule has 1 heterocycles. The van der Waals surface area contributed by atoms with Gasteiger partial charge in [0.1, 0.15) is 11.5 Å². The van der Waals surface area contributed by atoms with Gasteiger partial charge in [0.05, 0.1) is 5.41 Å². The van der Waals surface area contributed by atoms with Crippen LogP contribution < -0.4 is 4.74 Å². The predicted octanol–water partition coefficient (Wildman–Crippen LogP) is 9.61. The van der Waals surface area contributed by atoms with Crippen LogP contribution in [0, 0.1) is 0 Å². The predicted molar refractivity (Wildman–Crippen MR) is 160 cm³/mol. The van der Waals surface area contributed by atoms with E-state index in [2.05, 4.69) is 95.0 Å². The van der Waals surface area contributed by atoms with Crippen molar-refractivity contribution in [2.45, 2.75) is 25.7 Å². The van der Waals surface area contributed by atoms with Gasteiger partial charge in [-0.1, -0.05) is 113 Å². The maximum absolute atomic E-state index is 6.41. The van der Waals surface area contributed by atoms with Crippen molar-refractivity contribution in [2.75, 3.05) is 0 Å². The van der Waals surface area contributed by atoms with Gasteiger partial charge < -0.3 is 4.74 Å². The quantitative estimate of drug-likeness (QED) is 0.340. The van der Waals surface area contributed by atoms with Crippen LogP contribution in [-0.4, -0.2) is 0 Å². The normalized spacial score (nSPS) is 19.6. The number of hydrogen-bond acceptors (Lipinski definition) is 1. The lowest BCUT2D eigenvalue weighted by atomic mass is 9.64. The molecule has 1 unspecified atom stereocenters. The third kappa shape index (κ3) is 4.07. The molecule has 0 radical (unpaired) electrons. The van der Waals surface area contributed by atoms with Crippen LogP contribution in [0.3, 0.4) is 0 Å². The summed E-state index contributed by atoms with van der Waals surface area (Å²) in [6.07, 6.45) is 14.8. The molecular formula is C36H34O. The van der Waals surface area contributed by atoms with Crippen molar-refractivity contribution >= 4 is 11.1 Å². The molecular weight excluding hydrogens is 448 g/mol. The van der Waals surface area contributed by atoms with Crippen LogP contribution in [0.4, 0.5) is 0 Å². The zero-order chi connectivity index (χ0) is 26.7. The van der Waals surface area contributed by atoms with Gasteiger partial charge >= 0.3 is 0 Å². The summed E-state index contributed by atoms with van der Waals surface area (Å²) in [5.41, 5.74) is 9.44. The molecule has 0 fully saturated rings. The highest BCUT2D eigenvalue weighted by Crippen LogP contribution is 2.61. The molecule has 2 aromatic carbocycles. The third-order valence-corrected chi connectivity index (χ3v) is 7.16. The van der Waals surface area contributed by atoms with Gasteiger partial charge in [-0.15, -0.1) is 0 Å². The fraction of sp³-hybridized carbons (Fsp3) is 0.111. The third-order valence-electron chi connectivity index (χ3n) is 7.16. The van der Waals surface area contributed by atoms with Crippen LogP contribution >= 0.6 is 0 Å². The van der Waals surface area contributed by atoms with Crippen molar-refractivity contribution < 1.29 is 4.74 Å². The molecule has 2 aliphatic rings. The lowest BCUT2D eigenvalue weighted by Gasteiger charge is -2.40. The average Bonchev–Trinajstić information content (AvgIpc) is 3.14. The Morgan fingerprint density at radius 3 is 2.41 bits per heavy atom. The molecule has 0 aromatic heterocycles. The highest BCUT2D eigenvalue weighted by molar-refractivity contribution is 5.96. The Labute approximate surface area is 221 Å². The summed E-state index contributed by atoms with van der Waals surface area (Å²) in [5.74, 6) is 1.70. The lowest BCUT2D eigenvalue weighted by Crippen LogP contribution is -2.34. The molecule has 1 heteroatoms. The molecule has 1 spiro atoms. The first-order chi connectivity index (χ1) is 17.8. The van der Waals surface area contributed by atoms with E-state index in [0.717, 1.165) is 73.6 Å². The molecule has 37 heavy (non-hydrogen) atoms. The van der Waals surface area contributed by atoms with E-state index in [1.165, 1.54) is 0 Å². The Kier molecular flexibility index (Phi) is 7.18. The molecule has 1 atom stereocenters. The molecule has 1 aliphatic carbocycles. The zero-order valence-electron chi connectivity index (χ0n) is 21.9. The second-order valence-electron chi connectivity index (χ2n) is 9.24. The largest absolute Gasteiger partial charge is 0.461 e. The van der Waals surface area contributed by atoms with Crippen LogP contribution in [-0.2, 0) is 5.41 Å². The standard InChI is InChI=1S/C36H34O/c1-9-13-17-31-27(8)37-35-19-15-14-18-32(35)36(31)33(22-25(6)24(5)11-3)26(7)30-21-20-29(23-34(30)36)28(12-4)16-10-2/h10-23H,2-7,9H2,1,8H3/b17-13-,28-16+,33-22+. The SMILES string of the molecule is C=C/C=C(\C=C)c1ccc2c(c1)C1(C(/C=C\CC)=C(C)Oc3ccccc31)/C(=C/C(=C)C(=C)C=C)C2=C. The summed E-state index contributed by atoms with van der Waals surface area (Å²) in [7, 11) is 0. The maximum Gasteiger partial charge on any atom is 0.131 e. The van der Waals surface area contributed by atoms with Gasteiger partial charge in [-0.25, -0.2) is 0 Å². The molecule has 0 saturated heterocycles. The molecule has 0 saturated carbocycles. The lowest BCUT2D eigenvalue weighted by molar-refractivity contribution is 0.387. The van der Waals surface area contributed by atoms with Gasteiger partial charge in [-0.3, -0.25) is 0 Å². The number of fused-ring (bicyclic) bond motifs is 4. The highest BCUT2D eigenvalue weighted by Gasteiger charge is 2.52. The fourth-order valence-corrected chi connectivity index (χ4v) is 5.37. The molecule has 4 rings (SSSR count). The minimum atomic E-state index is -0.641. The van der Waals surface area contributed by atoms with E-state index in [9.17, 15) is 0 Å². The first kappa shape index (κ1) is 25.7. The molecule has 0 amide bonds. The monoisotopic (exact) mass is 482 g/mol. The number of hydrogen-bond donors (Lipinski definition) is 0. The molecule has 1 aliphatic heterocycles. The van der Waals surface area contributed by atoms with Crippen molar-refractivity contribution in [1.29, 1.82) is 0 Å². The number of allylic oxidation sites excluding steroid dienone is 14. The Hall–Kier alpha value is -4.36. The van der Waals surface area contributed by atoms with E-state index in [1.807, 2.05) is 31.2 Å². The van der Waals surface area contributed by atoms with Crippen LogP contribution in [0.1, 0.15) is 42.5 Å². The maximum atomic E-state index is 6.41. The van der Waals surface area contributed by atoms with E-state index >= 15 is 0 Å². The van der Waals surface area contributed by atoms with E-state index < -0.39 is 5.41 Å². The van der Waals surface area contributed by atoms with Crippen molar-refractivity contribution in [3.8, 4) is 5.75 Å². The molecule has 2 aromatic rings. The Morgan fingerprint density at radius 2 is 1.73 bits per heavy atom. The van der Waals surface area contributed by atoms with Gasteiger partial charge in [0.15, 0.2) is 0 Å². The van der Waals surface area contributed by atoms with Gasteiger partial charge in [-0.05, 0) is 76.1 Å². The first-order valence-corrected chi connectivity index (χ1v) is 12.5. The number of benzene rings is 2. The molecule has 0 N–H and O–H groups in total. The summed E-state index contributed by atoms with van der Waals surface area (Å²) < 4.78 is 6.41. The van der Waals surface area contributed by atoms with E-state index in [1.54, 1.807) is 12.2 Å². The Bertz CT molecular complexity index is 1480. The Morgan fingerprint density at radius 1 is 0.973 bits per heavy atom. The minimum Gasteiger partial charge on any atom is -0.461 e. The Balaban J connectivity index is 2.20. The van der Waals surface area contributed by atoms with Crippen molar-refractivity contribution in [1.82, 2.24) is 0 Å². The summed E-state index contributed by atoms with van der Waals surface area (Å²) in [5, 5.41) is 0.